The number of hydrogen-bond donors (Lipinski definition) is 1. The number of ether oxygens (including phenoxy) is 1. The Kier molecular flexibility index (Phi) is 7.50. The molecule has 2 aromatic rings. The summed E-state index contributed by atoms with van der Waals surface area (Å²) < 4.78 is 5.45. The highest BCUT2D eigenvalue weighted by Crippen LogP contribution is 2.40. The van der Waals surface area contributed by atoms with Crippen LogP contribution in [0.15, 0.2) is 64.5 Å². The minimum Gasteiger partial charge on any atom is -0.493 e. The summed E-state index contributed by atoms with van der Waals surface area (Å²) in [5.74, 6) is 0.159. The van der Waals surface area contributed by atoms with Crippen LogP contribution in [0.5, 0.6) is 5.75 Å². The van der Waals surface area contributed by atoms with Crippen LogP contribution >= 0.6 is 11.8 Å². The van der Waals surface area contributed by atoms with Crippen LogP contribution in [-0.2, 0) is 9.59 Å². The van der Waals surface area contributed by atoms with Gasteiger partial charge in [-0.2, -0.15) is 0 Å². The first-order valence-corrected chi connectivity index (χ1v) is 12.1. The number of carbonyl (C=O) groups excluding carboxylic acids is 1. The van der Waals surface area contributed by atoms with E-state index in [0.29, 0.717) is 16.6 Å². The highest BCUT2D eigenvalue weighted by atomic mass is 32.2. The maximum absolute atomic E-state index is 13.5. The second-order valence-corrected chi connectivity index (χ2v) is 9.42. The molecule has 1 saturated carbocycles. The first-order chi connectivity index (χ1) is 16.0. The fourth-order valence-corrected chi connectivity index (χ4v) is 5.26. The summed E-state index contributed by atoms with van der Waals surface area (Å²) in [6.45, 7) is 2.35. The maximum Gasteiger partial charge on any atom is 0.306 e. The van der Waals surface area contributed by atoms with Crippen molar-refractivity contribution in [2.75, 3.05) is 6.61 Å². The van der Waals surface area contributed by atoms with Gasteiger partial charge in [0, 0.05) is 6.04 Å². The smallest absolute Gasteiger partial charge is 0.306 e. The Morgan fingerprint density at radius 3 is 2.58 bits per heavy atom. The highest BCUT2D eigenvalue weighted by Gasteiger charge is 2.41. The van der Waals surface area contributed by atoms with Gasteiger partial charge in [0.15, 0.2) is 5.17 Å². The van der Waals surface area contributed by atoms with E-state index in [1.807, 2.05) is 53.4 Å². The molecule has 2 fully saturated rings. The molecule has 1 N–H and O–H groups in total. The maximum atomic E-state index is 13.5. The van der Waals surface area contributed by atoms with Crippen molar-refractivity contribution in [2.24, 2.45) is 10.9 Å². The quantitative estimate of drug-likeness (QED) is 0.530. The zero-order chi connectivity index (χ0) is 23.2. The number of aliphatic carboxylic acids is 1. The lowest BCUT2D eigenvalue weighted by molar-refractivity contribution is -0.137. The molecule has 1 saturated heterocycles. The molecular formula is C26H28N2O4S. The molecule has 1 heterocycles. The molecule has 2 aromatic carbocycles. The second kappa shape index (κ2) is 10.7. The molecule has 0 bridgehead atoms. The first-order valence-electron chi connectivity index (χ1n) is 11.3. The summed E-state index contributed by atoms with van der Waals surface area (Å²) in [6, 6.07) is 17.2. The average molecular weight is 465 g/mol. The van der Waals surface area contributed by atoms with Crippen molar-refractivity contribution >= 4 is 40.6 Å². The molecule has 0 unspecified atom stereocenters. The standard InChI is InChI=1S/C26H28N2O4S/c1-18-7-5-6-10-22(18)28-25(31)23(33-26(28)27-20-8-3-2-4-9-20)17-19-11-13-21(14-12-19)32-16-15-24(29)30/h2-4,8-9,11-14,17-18,22H,5-7,10,15-16H2,1H3,(H,29,30)/b23-17-,27-26?/t18-,22-/m0/s1. The molecule has 33 heavy (non-hydrogen) atoms. The van der Waals surface area contributed by atoms with Gasteiger partial charge in [-0.15, -0.1) is 0 Å². The number of nitrogens with zero attached hydrogens (tertiary/aromatic N) is 2. The summed E-state index contributed by atoms with van der Waals surface area (Å²) >= 11 is 1.42. The predicted octanol–water partition coefficient (Wildman–Crippen LogP) is 5.72. The molecule has 0 spiro atoms. The van der Waals surface area contributed by atoms with Crippen molar-refractivity contribution in [1.29, 1.82) is 0 Å². The number of carboxylic acid groups (broad SMARTS) is 1. The van der Waals surface area contributed by atoms with Gasteiger partial charge >= 0.3 is 5.97 Å². The zero-order valence-corrected chi connectivity index (χ0v) is 19.5. The van der Waals surface area contributed by atoms with Crippen LogP contribution in [0.2, 0.25) is 0 Å². The number of para-hydroxylation sites is 1. The molecule has 0 aromatic heterocycles. The minimum absolute atomic E-state index is 0.00946. The van der Waals surface area contributed by atoms with Crippen LogP contribution in [0.3, 0.4) is 0 Å². The summed E-state index contributed by atoms with van der Waals surface area (Å²) in [4.78, 5) is 31.5. The number of thioether (sulfide) groups is 1. The SMILES string of the molecule is C[C@H]1CCCC[C@@H]1N1C(=O)/C(=C/c2ccc(OCCC(=O)O)cc2)SC1=Nc1ccccc1. The van der Waals surface area contributed by atoms with Gasteiger partial charge in [0.25, 0.3) is 5.91 Å². The minimum atomic E-state index is -0.891. The number of aliphatic imine (C=N–C) groups is 1. The van der Waals surface area contributed by atoms with Crippen molar-refractivity contribution in [1.82, 2.24) is 4.90 Å². The first kappa shape index (κ1) is 23.1. The van der Waals surface area contributed by atoms with E-state index in [2.05, 4.69) is 6.92 Å². The van der Waals surface area contributed by atoms with Gasteiger partial charge in [-0.3, -0.25) is 14.5 Å². The topological polar surface area (TPSA) is 79.2 Å². The normalized spacial score (nSPS) is 23.3. The molecule has 172 valence electrons. The van der Waals surface area contributed by atoms with E-state index < -0.39 is 5.97 Å². The zero-order valence-electron chi connectivity index (χ0n) is 18.6. The average Bonchev–Trinajstić information content (AvgIpc) is 3.10. The van der Waals surface area contributed by atoms with Crippen LogP contribution < -0.4 is 4.74 Å². The molecule has 1 aliphatic carbocycles. The molecule has 1 aliphatic heterocycles. The van der Waals surface area contributed by atoms with Gasteiger partial charge in [-0.05, 0) is 66.4 Å². The Morgan fingerprint density at radius 2 is 1.88 bits per heavy atom. The molecule has 2 aliphatic rings. The molecule has 6 nitrogen and oxygen atoms in total. The van der Waals surface area contributed by atoms with Crippen molar-refractivity contribution in [3.63, 3.8) is 0 Å². The van der Waals surface area contributed by atoms with E-state index in [4.69, 9.17) is 14.8 Å². The van der Waals surface area contributed by atoms with Gasteiger partial charge < -0.3 is 9.84 Å². The van der Waals surface area contributed by atoms with Gasteiger partial charge in [0.2, 0.25) is 0 Å². The van der Waals surface area contributed by atoms with E-state index in [9.17, 15) is 9.59 Å². The summed E-state index contributed by atoms with van der Waals surface area (Å²) in [5.41, 5.74) is 1.72. The van der Waals surface area contributed by atoms with Crippen molar-refractivity contribution in [3.8, 4) is 5.75 Å². The monoisotopic (exact) mass is 464 g/mol. The summed E-state index contributed by atoms with van der Waals surface area (Å²) in [5, 5.41) is 9.47. The van der Waals surface area contributed by atoms with Gasteiger partial charge in [-0.1, -0.05) is 50.1 Å². The Labute approximate surface area is 198 Å². The summed E-state index contributed by atoms with van der Waals surface area (Å²) in [6.07, 6.45) is 6.31. The Hall–Kier alpha value is -3.06. The number of carbonyl (C=O) groups is 2. The van der Waals surface area contributed by atoms with Gasteiger partial charge in [0.05, 0.1) is 23.6 Å². The molecule has 2 atom stereocenters. The molecular weight excluding hydrogens is 436 g/mol. The second-order valence-electron chi connectivity index (χ2n) is 8.41. The van der Waals surface area contributed by atoms with E-state index >= 15 is 0 Å². The molecule has 4 rings (SSSR count). The number of rotatable bonds is 7. The summed E-state index contributed by atoms with van der Waals surface area (Å²) in [7, 11) is 0. The lowest BCUT2D eigenvalue weighted by atomic mass is 9.85. The number of amides is 1. The largest absolute Gasteiger partial charge is 0.493 e. The Bertz CT molecular complexity index is 1050. The van der Waals surface area contributed by atoms with Crippen molar-refractivity contribution < 1.29 is 19.4 Å². The van der Waals surface area contributed by atoms with E-state index in [1.54, 1.807) is 12.1 Å². The third-order valence-electron chi connectivity index (χ3n) is 5.98. The fourth-order valence-electron chi connectivity index (χ4n) is 4.22. The number of carboxylic acids is 1. The van der Waals surface area contributed by atoms with Crippen LogP contribution in [0.1, 0.15) is 44.6 Å². The number of amidine groups is 1. The van der Waals surface area contributed by atoms with Gasteiger partial charge in [-0.25, -0.2) is 4.99 Å². The lowest BCUT2D eigenvalue weighted by Crippen LogP contribution is -2.44. The number of benzene rings is 2. The third kappa shape index (κ3) is 5.85. The van der Waals surface area contributed by atoms with Crippen LogP contribution in [0.4, 0.5) is 5.69 Å². The number of hydrogen-bond acceptors (Lipinski definition) is 5. The predicted molar refractivity (Wildman–Crippen MR) is 132 cm³/mol. The van der Waals surface area contributed by atoms with Crippen LogP contribution in [0, 0.1) is 5.92 Å². The lowest BCUT2D eigenvalue weighted by Gasteiger charge is -2.35. The molecule has 7 heteroatoms. The van der Waals surface area contributed by atoms with Crippen molar-refractivity contribution in [3.05, 3.63) is 65.1 Å². The Morgan fingerprint density at radius 1 is 1.15 bits per heavy atom. The molecule has 0 radical (unpaired) electrons. The van der Waals surface area contributed by atoms with Crippen molar-refractivity contribution in [2.45, 2.75) is 45.1 Å². The van der Waals surface area contributed by atoms with Gasteiger partial charge in [0.1, 0.15) is 5.75 Å². The highest BCUT2D eigenvalue weighted by molar-refractivity contribution is 8.18. The van der Waals surface area contributed by atoms with Crippen LogP contribution in [-0.4, -0.2) is 39.7 Å². The molecule has 1 amide bonds. The van der Waals surface area contributed by atoms with E-state index in [1.165, 1.54) is 18.2 Å². The van der Waals surface area contributed by atoms with E-state index in [0.717, 1.165) is 35.7 Å². The van der Waals surface area contributed by atoms with E-state index in [-0.39, 0.29) is 25.0 Å². The third-order valence-corrected chi connectivity index (χ3v) is 6.96. The fraction of sp³-hybridized carbons (Fsp3) is 0.346. The van der Waals surface area contributed by atoms with Crippen LogP contribution in [0.25, 0.3) is 6.08 Å². The Balaban J connectivity index is 1.57.